The maximum atomic E-state index is 9.71. The van der Waals surface area contributed by atoms with Crippen molar-refractivity contribution in [3.05, 3.63) is 0 Å². The molecule has 0 aliphatic heterocycles. The largest absolute Gasteiger partial charge is 0.459 e. The van der Waals surface area contributed by atoms with Crippen LogP contribution in [0.25, 0.3) is 0 Å². The van der Waals surface area contributed by atoms with Gasteiger partial charge < -0.3 is 14.0 Å². The highest BCUT2D eigenvalue weighted by molar-refractivity contribution is 7.47. The lowest BCUT2D eigenvalue weighted by molar-refractivity contribution is 0.289. The third-order valence-corrected chi connectivity index (χ3v) is 1.89. The Kier molecular flexibility index (Phi) is 2.71. The van der Waals surface area contributed by atoms with E-state index < -0.39 is 7.82 Å². The molecule has 2 radical (unpaired) electrons. The summed E-state index contributed by atoms with van der Waals surface area (Å²) in [6.07, 6.45) is 0. The molecule has 4 nitrogen and oxygen atoms in total. The van der Waals surface area contributed by atoms with Crippen molar-refractivity contribution in [3.63, 3.8) is 0 Å². The SMILES string of the molecule is C[Si]OP(=O)(O)O. The molecule has 0 aliphatic rings. The van der Waals surface area contributed by atoms with Gasteiger partial charge in [-0.3, -0.25) is 0 Å². The average Bonchev–Trinajstić information content (AvgIpc) is 1.30. The Morgan fingerprint density at radius 1 is 1.71 bits per heavy atom. The Balaban J connectivity index is 3.36. The van der Waals surface area contributed by atoms with Gasteiger partial charge in [0.1, 0.15) is 0 Å². The maximum Gasteiger partial charge on any atom is 0.459 e. The Bertz CT molecular complexity index is 85.7. The third-order valence-electron chi connectivity index (χ3n) is 0.210. The van der Waals surface area contributed by atoms with Gasteiger partial charge in [0.25, 0.3) is 0 Å². The predicted octanol–water partition coefficient (Wildman–Crippen LogP) is -0.237. The van der Waals surface area contributed by atoms with Gasteiger partial charge >= 0.3 is 7.82 Å². The second kappa shape index (κ2) is 2.59. The summed E-state index contributed by atoms with van der Waals surface area (Å²) < 4.78 is 13.6. The predicted molar refractivity (Wildman–Crippen MR) is 24.7 cm³/mol. The number of hydrogen-bond donors (Lipinski definition) is 2. The van der Waals surface area contributed by atoms with Crippen molar-refractivity contribution in [1.82, 2.24) is 0 Å². The fraction of sp³-hybridized carbons (Fsp3) is 1.00. The molecule has 6 heteroatoms. The summed E-state index contributed by atoms with van der Waals surface area (Å²) in [6, 6.07) is 0. The fourth-order valence-electron chi connectivity index (χ4n) is 0.119. The first-order valence-corrected chi connectivity index (χ1v) is 4.41. The molecule has 0 amide bonds. The molecular formula is CH5O4PSi. The molecule has 0 saturated carbocycles. The summed E-state index contributed by atoms with van der Waals surface area (Å²) in [6.45, 7) is 1.54. The van der Waals surface area contributed by atoms with E-state index in [1.807, 2.05) is 0 Å². The van der Waals surface area contributed by atoms with Gasteiger partial charge in [0.2, 0.25) is 9.76 Å². The molecule has 0 aromatic rings. The normalized spacial score (nSPS) is 11.9. The highest BCUT2D eigenvalue weighted by Gasteiger charge is 2.10. The molecule has 7 heavy (non-hydrogen) atoms. The van der Waals surface area contributed by atoms with Crippen LogP contribution in [-0.4, -0.2) is 19.5 Å². The van der Waals surface area contributed by atoms with Crippen molar-refractivity contribution in [3.8, 4) is 0 Å². The number of hydrogen-bond acceptors (Lipinski definition) is 2. The van der Waals surface area contributed by atoms with Gasteiger partial charge in [-0.05, 0) is 6.55 Å². The molecule has 0 aromatic carbocycles. The summed E-state index contributed by atoms with van der Waals surface area (Å²) in [5.74, 6) is 0. The minimum absolute atomic E-state index is 0.154. The lowest BCUT2D eigenvalue weighted by Crippen LogP contribution is -1.88. The molecule has 0 unspecified atom stereocenters. The lowest BCUT2D eigenvalue weighted by Gasteiger charge is -1.97. The van der Waals surface area contributed by atoms with Gasteiger partial charge in [0, 0.05) is 0 Å². The first-order chi connectivity index (χ1) is 3.06. The zero-order chi connectivity index (χ0) is 5.91. The molecule has 42 valence electrons. The van der Waals surface area contributed by atoms with Crippen LogP contribution in [0.2, 0.25) is 6.55 Å². The van der Waals surface area contributed by atoms with Gasteiger partial charge in [-0.1, -0.05) is 0 Å². The molecule has 0 aliphatic carbocycles. The van der Waals surface area contributed by atoms with Crippen molar-refractivity contribution in [2.75, 3.05) is 0 Å². The molecule has 0 rings (SSSR count). The summed E-state index contributed by atoms with van der Waals surface area (Å²) in [5.41, 5.74) is 0. The highest BCUT2D eigenvalue weighted by Crippen LogP contribution is 2.34. The van der Waals surface area contributed by atoms with Crippen molar-refractivity contribution in [2.24, 2.45) is 0 Å². The molecule has 0 bridgehead atoms. The second-order valence-electron chi connectivity index (χ2n) is 0.786. The molecule has 0 aromatic heterocycles. The standard InChI is InChI=1S/CH5O4PSi/c1-7-5-6(2,3)4/h1H3,(H2,2,3,4). The van der Waals surface area contributed by atoms with E-state index in [1.54, 1.807) is 6.55 Å². The van der Waals surface area contributed by atoms with E-state index in [-0.39, 0.29) is 9.76 Å². The summed E-state index contributed by atoms with van der Waals surface area (Å²) in [7, 11) is -4.31. The van der Waals surface area contributed by atoms with Crippen LogP contribution in [-0.2, 0) is 8.78 Å². The van der Waals surface area contributed by atoms with Gasteiger partial charge in [-0.25, -0.2) is 4.57 Å². The topological polar surface area (TPSA) is 66.8 Å². The molecule has 2 N–H and O–H groups in total. The van der Waals surface area contributed by atoms with Crippen LogP contribution in [0.3, 0.4) is 0 Å². The fourth-order valence-corrected chi connectivity index (χ4v) is 1.07. The van der Waals surface area contributed by atoms with E-state index in [2.05, 4.69) is 4.21 Å². The molecule has 0 atom stereocenters. The van der Waals surface area contributed by atoms with Crippen molar-refractivity contribution < 1.29 is 18.6 Å². The van der Waals surface area contributed by atoms with E-state index in [0.717, 1.165) is 0 Å². The van der Waals surface area contributed by atoms with Crippen LogP contribution in [0.15, 0.2) is 0 Å². The van der Waals surface area contributed by atoms with Crippen molar-refractivity contribution in [2.45, 2.75) is 6.55 Å². The van der Waals surface area contributed by atoms with Gasteiger partial charge in [-0.15, -0.1) is 0 Å². The molecular weight excluding hydrogens is 135 g/mol. The first kappa shape index (κ1) is 7.33. The van der Waals surface area contributed by atoms with Crippen LogP contribution in [0.1, 0.15) is 0 Å². The Morgan fingerprint density at radius 3 is 2.14 bits per heavy atom. The van der Waals surface area contributed by atoms with Crippen LogP contribution < -0.4 is 0 Å². The molecule has 0 heterocycles. The summed E-state index contributed by atoms with van der Waals surface area (Å²) >= 11 is 0. The van der Waals surface area contributed by atoms with Crippen LogP contribution in [0.5, 0.6) is 0 Å². The lowest BCUT2D eigenvalue weighted by atomic mass is 11.9. The third kappa shape index (κ3) is 6.33. The van der Waals surface area contributed by atoms with Crippen molar-refractivity contribution >= 4 is 17.6 Å². The van der Waals surface area contributed by atoms with E-state index in [1.165, 1.54) is 0 Å². The van der Waals surface area contributed by atoms with Gasteiger partial charge in [-0.2, -0.15) is 0 Å². The van der Waals surface area contributed by atoms with Crippen LogP contribution in [0, 0.1) is 0 Å². The van der Waals surface area contributed by atoms with Crippen LogP contribution in [0.4, 0.5) is 0 Å². The summed E-state index contributed by atoms with van der Waals surface area (Å²) in [5, 5.41) is 0. The van der Waals surface area contributed by atoms with Crippen molar-refractivity contribution in [1.29, 1.82) is 0 Å². The van der Waals surface area contributed by atoms with Gasteiger partial charge in [0.05, 0.1) is 0 Å². The van der Waals surface area contributed by atoms with E-state index in [9.17, 15) is 4.57 Å². The smallest absolute Gasteiger partial charge is 0.331 e. The maximum absolute atomic E-state index is 9.71. The average molecular weight is 140 g/mol. The van der Waals surface area contributed by atoms with Crippen LogP contribution >= 0.6 is 7.82 Å². The Labute approximate surface area is 43.7 Å². The Morgan fingerprint density at radius 2 is 2.14 bits per heavy atom. The zero-order valence-electron chi connectivity index (χ0n) is 3.66. The quantitative estimate of drug-likeness (QED) is 0.410. The zero-order valence-corrected chi connectivity index (χ0v) is 5.55. The Hall–Kier alpha value is 0.327. The molecule has 0 fully saturated rings. The number of phosphoric acid groups is 1. The minimum atomic E-state index is -4.15. The number of rotatable bonds is 2. The van der Waals surface area contributed by atoms with E-state index in [0.29, 0.717) is 0 Å². The molecule has 0 spiro atoms. The second-order valence-corrected chi connectivity index (χ2v) is 2.91. The first-order valence-electron chi connectivity index (χ1n) is 1.47. The highest BCUT2D eigenvalue weighted by atomic mass is 31.2. The van der Waals surface area contributed by atoms with Gasteiger partial charge in [0.15, 0.2) is 0 Å². The molecule has 0 saturated heterocycles. The summed E-state index contributed by atoms with van der Waals surface area (Å²) in [4.78, 5) is 15.8. The minimum Gasteiger partial charge on any atom is -0.331 e. The van der Waals surface area contributed by atoms with E-state index in [4.69, 9.17) is 9.79 Å². The monoisotopic (exact) mass is 140 g/mol. The van der Waals surface area contributed by atoms with E-state index >= 15 is 0 Å².